The molecule has 1 aliphatic carbocycles. The van der Waals surface area contributed by atoms with Gasteiger partial charge in [-0.3, -0.25) is 10.1 Å². The predicted molar refractivity (Wildman–Crippen MR) is 163 cm³/mol. The van der Waals surface area contributed by atoms with Crippen molar-refractivity contribution in [3.05, 3.63) is 93.9 Å². The van der Waals surface area contributed by atoms with Gasteiger partial charge in [0, 0.05) is 15.8 Å². The maximum atomic E-state index is 13.7. The van der Waals surface area contributed by atoms with E-state index in [9.17, 15) is 4.79 Å². The molecule has 0 unspecified atom stereocenters. The summed E-state index contributed by atoms with van der Waals surface area (Å²) in [5.41, 5.74) is 6.59. The van der Waals surface area contributed by atoms with E-state index in [1.54, 1.807) is 20.3 Å². The second-order valence-corrected chi connectivity index (χ2v) is 11.1. The highest BCUT2D eigenvalue weighted by Gasteiger charge is 2.19. The molecule has 7 nitrogen and oxygen atoms in total. The largest absolute Gasteiger partial charge is 0.497 e. The van der Waals surface area contributed by atoms with Gasteiger partial charge in [0.05, 0.1) is 25.6 Å². The van der Waals surface area contributed by atoms with Gasteiger partial charge in [-0.1, -0.05) is 19.1 Å². The Hall–Kier alpha value is -4.43. The lowest BCUT2D eigenvalue weighted by molar-refractivity contribution is 0.102. The molecule has 2 heterocycles. The van der Waals surface area contributed by atoms with Crippen molar-refractivity contribution in [2.75, 3.05) is 19.5 Å². The third-order valence-electron chi connectivity index (χ3n) is 7.36. The number of aryl methyl sites for hydroxylation is 3. The normalized spacial score (nSPS) is 13.2. The smallest absolute Gasteiger partial charge is 0.262 e. The summed E-state index contributed by atoms with van der Waals surface area (Å²) in [5.74, 6) is 1.04. The quantitative estimate of drug-likeness (QED) is 0.221. The van der Waals surface area contributed by atoms with Crippen molar-refractivity contribution in [3.63, 3.8) is 0 Å². The lowest BCUT2D eigenvalue weighted by atomic mass is 9.90. The SMILES string of the molecule is CCc1sc(NC(=O)c2cc3cc(OC)ccc3oc2=Nc2ccc(OC)cc2)nc1-c1ccc2c(c1)CCCC2. The van der Waals surface area contributed by atoms with Crippen LogP contribution in [-0.4, -0.2) is 25.1 Å². The van der Waals surface area contributed by atoms with Crippen molar-refractivity contribution in [2.24, 2.45) is 4.99 Å². The predicted octanol–water partition coefficient (Wildman–Crippen LogP) is 7.50. The number of rotatable bonds is 7. The van der Waals surface area contributed by atoms with Crippen LogP contribution >= 0.6 is 11.3 Å². The van der Waals surface area contributed by atoms with Gasteiger partial charge < -0.3 is 13.9 Å². The van der Waals surface area contributed by atoms with E-state index in [4.69, 9.17) is 18.9 Å². The molecule has 6 rings (SSSR count). The number of anilines is 1. The number of hydrogen-bond acceptors (Lipinski definition) is 7. The zero-order valence-corrected chi connectivity index (χ0v) is 24.1. The molecule has 0 saturated heterocycles. The van der Waals surface area contributed by atoms with Gasteiger partial charge in [-0.05, 0) is 97.8 Å². The van der Waals surface area contributed by atoms with Crippen molar-refractivity contribution in [3.8, 4) is 22.8 Å². The van der Waals surface area contributed by atoms with Gasteiger partial charge >= 0.3 is 0 Å². The molecule has 1 aliphatic rings. The van der Waals surface area contributed by atoms with Gasteiger partial charge in [0.25, 0.3) is 5.91 Å². The molecule has 0 aliphatic heterocycles. The molecule has 0 bridgehead atoms. The first-order chi connectivity index (χ1) is 20.0. The van der Waals surface area contributed by atoms with E-state index in [0.717, 1.165) is 46.5 Å². The number of hydrogen-bond donors (Lipinski definition) is 1. The van der Waals surface area contributed by atoms with Gasteiger partial charge in [0.15, 0.2) is 5.13 Å². The first-order valence-electron chi connectivity index (χ1n) is 13.8. The van der Waals surface area contributed by atoms with Crippen LogP contribution in [0.4, 0.5) is 10.8 Å². The van der Waals surface area contributed by atoms with Gasteiger partial charge in [-0.25, -0.2) is 9.98 Å². The molecule has 0 atom stereocenters. The minimum atomic E-state index is -0.348. The molecular weight excluding hydrogens is 534 g/mol. The standard InChI is InChI=1S/C33H31N3O4S/c1-4-29-30(22-10-9-20-7-5-6-8-21(20)17-22)35-33(41-29)36-31(37)27-19-23-18-26(39-3)15-16-28(23)40-32(27)34-24-11-13-25(38-2)14-12-24/h9-19H,4-8H2,1-3H3,(H,35,36,37). The van der Waals surface area contributed by atoms with E-state index in [2.05, 4.69) is 35.4 Å². The molecule has 41 heavy (non-hydrogen) atoms. The maximum Gasteiger partial charge on any atom is 0.262 e. The van der Waals surface area contributed by atoms with Crippen molar-refractivity contribution in [2.45, 2.75) is 39.0 Å². The number of amides is 1. The fourth-order valence-electron chi connectivity index (χ4n) is 5.17. The summed E-state index contributed by atoms with van der Waals surface area (Å²) in [5, 5.41) is 4.29. The Morgan fingerprint density at radius 2 is 1.71 bits per heavy atom. The van der Waals surface area contributed by atoms with Gasteiger partial charge in [-0.15, -0.1) is 11.3 Å². The molecule has 0 fully saturated rings. The molecule has 0 saturated carbocycles. The van der Waals surface area contributed by atoms with Crippen molar-refractivity contribution in [1.29, 1.82) is 0 Å². The van der Waals surface area contributed by atoms with Crippen molar-refractivity contribution >= 4 is 39.0 Å². The zero-order chi connectivity index (χ0) is 28.3. The highest BCUT2D eigenvalue weighted by atomic mass is 32.1. The van der Waals surface area contributed by atoms with E-state index in [0.29, 0.717) is 27.7 Å². The van der Waals surface area contributed by atoms with Crippen LogP contribution in [0.3, 0.4) is 0 Å². The fourth-order valence-corrected chi connectivity index (χ4v) is 6.09. The Kier molecular flexibility index (Phi) is 7.57. The van der Waals surface area contributed by atoms with Crippen LogP contribution in [-0.2, 0) is 19.3 Å². The maximum absolute atomic E-state index is 13.7. The number of thiazole rings is 1. The van der Waals surface area contributed by atoms with Crippen LogP contribution in [0.25, 0.3) is 22.2 Å². The summed E-state index contributed by atoms with van der Waals surface area (Å²) in [6, 6.07) is 21.1. The molecular formula is C33H31N3O4S. The number of methoxy groups -OCH3 is 2. The number of nitrogens with zero attached hydrogens (tertiary/aromatic N) is 2. The summed E-state index contributed by atoms with van der Waals surface area (Å²) in [7, 11) is 3.22. The number of benzene rings is 3. The summed E-state index contributed by atoms with van der Waals surface area (Å²) >= 11 is 1.50. The summed E-state index contributed by atoms with van der Waals surface area (Å²) < 4.78 is 16.8. The molecule has 3 aromatic carbocycles. The van der Waals surface area contributed by atoms with E-state index in [1.807, 2.05) is 42.5 Å². The number of carbonyl (C=O) groups is 1. The Labute approximate surface area is 242 Å². The van der Waals surface area contributed by atoms with Crippen LogP contribution < -0.4 is 20.3 Å². The minimum absolute atomic E-state index is 0.201. The summed E-state index contributed by atoms with van der Waals surface area (Å²) in [6.07, 6.45) is 5.54. The second kappa shape index (κ2) is 11.6. The van der Waals surface area contributed by atoms with Crippen LogP contribution in [0.15, 0.2) is 76.1 Å². The molecule has 208 valence electrons. The molecule has 2 aromatic heterocycles. The average molecular weight is 566 g/mol. The van der Waals surface area contributed by atoms with Crippen LogP contribution in [0.2, 0.25) is 0 Å². The number of ether oxygens (including phenoxy) is 2. The van der Waals surface area contributed by atoms with E-state index in [1.165, 1.54) is 35.3 Å². The van der Waals surface area contributed by atoms with Gasteiger partial charge in [0.1, 0.15) is 22.6 Å². The van der Waals surface area contributed by atoms with Crippen LogP contribution in [0, 0.1) is 0 Å². The highest BCUT2D eigenvalue weighted by Crippen LogP contribution is 2.34. The zero-order valence-electron chi connectivity index (χ0n) is 23.3. The van der Waals surface area contributed by atoms with E-state index in [-0.39, 0.29) is 11.5 Å². The molecule has 8 heteroatoms. The molecule has 1 N–H and O–H groups in total. The van der Waals surface area contributed by atoms with Crippen LogP contribution in [0.1, 0.15) is 46.1 Å². The fraction of sp³-hybridized carbons (Fsp3) is 0.242. The van der Waals surface area contributed by atoms with E-state index >= 15 is 0 Å². The first-order valence-corrected chi connectivity index (χ1v) is 14.6. The highest BCUT2D eigenvalue weighted by molar-refractivity contribution is 7.16. The number of fused-ring (bicyclic) bond motifs is 2. The number of nitrogens with one attached hydrogen (secondary N) is 1. The molecule has 0 spiro atoms. The third kappa shape index (κ3) is 5.60. The van der Waals surface area contributed by atoms with Gasteiger partial charge in [-0.2, -0.15) is 0 Å². The Morgan fingerprint density at radius 1 is 0.951 bits per heavy atom. The monoisotopic (exact) mass is 565 g/mol. The lowest BCUT2D eigenvalue weighted by Gasteiger charge is -2.16. The Morgan fingerprint density at radius 3 is 2.46 bits per heavy atom. The lowest BCUT2D eigenvalue weighted by Crippen LogP contribution is -2.21. The first kappa shape index (κ1) is 26.8. The Balaban J connectivity index is 1.38. The third-order valence-corrected chi connectivity index (χ3v) is 8.48. The molecule has 0 radical (unpaired) electrons. The molecule has 5 aromatic rings. The van der Waals surface area contributed by atoms with Crippen LogP contribution in [0.5, 0.6) is 11.5 Å². The molecule has 1 amide bonds. The van der Waals surface area contributed by atoms with Crippen molar-refractivity contribution < 1.29 is 18.7 Å². The van der Waals surface area contributed by atoms with E-state index < -0.39 is 0 Å². The summed E-state index contributed by atoms with van der Waals surface area (Å²) in [6.45, 7) is 2.11. The van der Waals surface area contributed by atoms with Crippen molar-refractivity contribution in [1.82, 2.24) is 4.98 Å². The Bertz CT molecular complexity index is 1800. The number of carbonyl (C=O) groups excluding carboxylic acids is 1. The average Bonchev–Trinajstić information content (AvgIpc) is 3.43. The second-order valence-electron chi connectivity index (χ2n) is 9.97. The number of aromatic nitrogens is 1. The van der Waals surface area contributed by atoms with Gasteiger partial charge in [0.2, 0.25) is 5.55 Å². The topological polar surface area (TPSA) is 86.0 Å². The summed E-state index contributed by atoms with van der Waals surface area (Å²) in [4.78, 5) is 24.4. The minimum Gasteiger partial charge on any atom is -0.497 e.